The van der Waals surface area contributed by atoms with E-state index in [0.717, 1.165) is 5.56 Å². The van der Waals surface area contributed by atoms with Gasteiger partial charge in [-0.2, -0.15) is 8.42 Å². The van der Waals surface area contributed by atoms with Gasteiger partial charge in [-0.25, -0.2) is 9.97 Å². The first-order valence-corrected chi connectivity index (χ1v) is 7.20. The second kappa shape index (κ2) is 8.07. The van der Waals surface area contributed by atoms with Crippen LogP contribution >= 0.6 is 0 Å². The van der Waals surface area contributed by atoms with Crippen LogP contribution in [0.4, 0.5) is 0 Å². The zero-order valence-electron chi connectivity index (χ0n) is 11.1. The smallest absolute Gasteiger partial charge is 0.394 e. The fourth-order valence-electron chi connectivity index (χ4n) is 1.31. The van der Waals surface area contributed by atoms with E-state index < -0.39 is 16.4 Å². The minimum atomic E-state index is -4.67. The summed E-state index contributed by atoms with van der Waals surface area (Å²) < 4.78 is 33.2. The van der Waals surface area contributed by atoms with Gasteiger partial charge in [0.2, 0.25) is 0 Å². The summed E-state index contributed by atoms with van der Waals surface area (Å²) in [6, 6.07) is 3.55. The lowest BCUT2D eigenvalue weighted by molar-refractivity contribution is -0.752. The van der Waals surface area contributed by atoms with Crippen LogP contribution in [-0.2, 0) is 21.7 Å². The van der Waals surface area contributed by atoms with Crippen molar-refractivity contribution < 1.29 is 32.1 Å². The molecule has 0 spiro atoms. The molecule has 3 N–H and O–H groups in total. The summed E-state index contributed by atoms with van der Waals surface area (Å²) in [7, 11) is -4.67. The first kappa shape index (κ1) is 17.6. The van der Waals surface area contributed by atoms with E-state index >= 15 is 0 Å². The van der Waals surface area contributed by atoms with E-state index in [1.54, 1.807) is 35.5 Å². The minimum Gasteiger partial charge on any atom is -0.481 e. The van der Waals surface area contributed by atoms with Gasteiger partial charge in [-0.15, -0.1) is 0 Å². The summed E-state index contributed by atoms with van der Waals surface area (Å²) in [5.74, 6) is -0.236. The summed E-state index contributed by atoms with van der Waals surface area (Å²) in [4.78, 5) is 18.6. The zero-order valence-corrected chi connectivity index (χ0v) is 12.0. The lowest BCUT2D eigenvalue weighted by Gasteiger charge is -1.96. The molecule has 0 fully saturated rings. The van der Waals surface area contributed by atoms with Crippen molar-refractivity contribution in [3.8, 4) is 11.4 Å². The molecular weight excluding hydrogens is 316 g/mol. The number of aryl methyl sites for hydroxylation is 1. The Labute approximate surface area is 125 Å². The fraction of sp³-hybridized carbons (Fsp3) is 0.182. The van der Waals surface area contributed by atoms with Gasteiger partial charge in [0, 0.05) is 24.0 Å². The van der Waals surface area contributed by atoms with Crippen LogP contribution in [0.2, 0.25) is 0 Å². The van der Waals surface area contributed by atoms with Gasteiger partial charge >= 0.3 is 16.4 Å². The number of carboxylic acids is 1. The Morgan fingerprint density at radius 3 is 2.27 bits per heavy atom. The first-order chi connectivity index (χ1) is 10.3. The highest BCUT2D eigenvalue weighted by Crippen LogP contribution is 2.09. The highest BCUT2D eigenvalue weighted by molar-refractivity contribution is 7.79. The number of nitrogens with zero attached hydrogens (tertiary/aromatic N) is 4. The quantitative estimate of drug-likeness (QED) is 0.504. The molecule has 0 radical (unpaired) electrons. The summed E-state index contributed by atoms with van der Waals surface area (Å²) in [6.07, 6.45) is 6.71. The van der Waals surface area contributed by atoms with E-state index in [-0.39, 0.29) is 6.42 Å². The van der Waals surface area contributed by atoms with Crippen molar-refractivity contribution >= 4 is 16.4 Å². The molecule has 2 rings (SSSR count). The van der Waals surface area contributed by atoms with Gasteiger partial charge in [0.15, 0.2) is 18.6 Å². The molecule has 22 heavy (non-hydrogen) atoms. The monoisotopic (exact) mass is 329 g/mol. The first-order valence-electron chi connectivity index (χ1n) is 5.80. The Hall–Kier alpha value is -2.50. The highest BCUT2D eigenvalue weighted by atomic mass is 32.3. The molecule has 0 saturated carbocycles. The molecule has 2 aromatic heterocycles. The summed E-state index contributed by atoms with van der Waals surface area (Å²) in [6.45, 7) is 0.352. The van der Waals surface area contributed by atoms with Crippen molar-refractivity contribution in [2.45, 2.75) is 13.0 Å². The molecule has 0 aliphatic rings. The molecule has 0 aliphatic carbocycles. The molecule has 0 aromatic carbocycles. The maximum Gasteiger partial charge on any atom is 0.394 e. The van der Waals surface area contributed by atoms with Crippen LogP contribution in [0.5, 0.6) is 0 Å². The third-order valence-electron chi connectivity index (χ3n) is 2.15. The van der Waals surface area contributed by atoms with Gasteiger partial charge in [0.05, 0.1) is 0 Å². The molecule has 0 atom stereocenters. The fourth-order valence-corrected chi connectivity index (χ4v) is 1.31. The number of hydrogen-bond donors (Lipinski definition) is 3. The summed E-state index contributed by atoms with van der Waals surface area (Å²) in [5.41, 5.74) is 0.803. The molecule has 0 saturated heterocycles. The van der Waals surface area contributed by atoms with E-state index in [4.69, 9.17) is 22.6 Å². The van der Waals surface area contributed by atoms with Gasteiger partial charge in [-0.1, -0.05) is 4.68 Å². The van der Waals surface area contributed by atoms with Crippen molar-refractivity contribution in [1.29, 1.82) is 0 Å². The second-order valence-corrected chi connectivity index (χ2v) is 4.74. The lowest BCUT2D eigenvalue weighted by atomic mass is 10.3. The highest BCUT2D eigenvalue weighted by Gasteiger charge is 2.08. The SMILES string of the molecule is O=C(O)CC[n+]1ccc(-c2ncccn2)cn1.O=S(=O)(O)O. The van der Waals surface area contributed by atoms with Crippen molar-refractivity contribution in [2.24, 2.45) is 0 Å². The molecule has 0 aliphatic heterocycles. The van der Waals surface area contributed by atoms with Gasteiger partial charge in [0.25, 0.3) is 0 Å². The van der Waals surface area contributed by atoms with Gasteiger partial charge in [0.1, 0.15) is 12.6 Å². The molecule has 0 unspecified atom stereocenters. The molecule has 11 heteroatoms. The van der Waals surface area contributed by atoms with Crippen molar-refractivity contribution in [1.82, 2.24) is 15.1 Å². The summed E-state index contributed by atoms with van der Waals surface area (Å²) >= 11 is 0. The topological polar surface area (TPSA) is 154 Å². The average Bonchev–Trinajstić information content (AvgIpc) is 2.45. The van der Waals surface area contributed by atoms with Crippen LogP contribution < -0.4 is 4.68 Å². The maximum atomic E-state index is 10.4. The third kappa shape index (κ3) is 7.94. The van der Waals surface area contributed by atoms with E-state index in [1.165, 1.54) is 0 Å². The van der Waals surface area contributed by atoms with Crippen molar-refractivity contribution in [2.75, 3.05) is 0 Å². The van der Waals surface area contributed by atoms with Gasteiger partial charge < -0.3 is 5.11 Å². The Balaban J connectivity index is 0.000000422. The van der Waals surface area contributed by atoms with Crippen LogP contribution in [0.1, 0.15) is 6.42 Å². The van der Waals surface area contributed by atoms with E-state index in [2.05, 4.69) is 15.1 Å². The van der Waals surface area contributed by atoms with Crippen LogP contribution in [0, 0.1) is 0 Å². The minimum absolute atomic E-state index is 0.0544. The van der Waals surface area contributed by atoms with Gasteiger partial charge in [-0.05, 0) is 11.2 Å². The van der Waals surface area contributed by atoms with Crippen molar-refractivity contribution in [3.05, 3.63) is 36.9 Å². The second-order valence-electron chi connectivity index (χ2n) is 3.84. The molecule has 2 heterocycles. The Morgan fingerprint density at radius 1 is 1.23 bits per heavy atom. The molecule has 0 amide bonds. The molecule has 0 bridgehead atoms. The number of rotatable bonds is 4. The molecular formula is C11H13N4O6S+. The molecule has 118 valence electrons. The predicted octanol–water partition coefficient (Wildman–Crippen LogP) is -0.352. The van der Waals surface area contributed by atoms with Gasteiger partial charge in [-0.3, -0.25) is 13.9 Å². The van der Waals surface area contributed by atoms with E-state index in [0.29, 0.717) is 12.4 Å². The van der Waals surface area contributed by atoms with Crippen LogP contribution in [-0.4, -0.2) is 43.7 Å². The Morgan fingerprint density at radius 2 is 1.82 bits per heavy atom. The van der Waals surface area contributed by atoms with E-state index in [1.807, 2.05) is 6.07 Å². The van der Waals surface area contributed by atoms with Crippen LogP contribution in [0.25, 0.3) is 11.4 Å². The predicted molar refractivity (Wildman–Crippen MR) is 71.9 cm³/mol. The Bertz CT molecular complexity index is 697. The average molecular weight is 329 g/mol. The van der Waals surface area contributed by atoms with E-state index in [9.17, 15) is 4.79 Å². The number of hydrogen-bond acceptors (Lipinski definition) is 6. The van der Waals surface area contributed by atoms with Crippen molar-refractivity contribution in [3.63, 3.8) is 0 Å². The number of aromatic nitrogens is 4. The number of carboxylic acid groups (broad SMARTS) is 1. The van der Waals surface area contributed by atoms with Crippen LogP contribution in [0.15, 0.2) is 36.9 Å². The zero-order chi connectivity index (χ0) is 16.6. The Kier molecular flexibility index (Phi) is 6.44. The lowest BCUT2D eigenvalue weighted by Crippen LogP contribution is -2.38. The third-order valence-corrected chi connectivity index (χ3v) is 2.15. The largest absolute Gasteiger partial charge is 0.481 e. The van der Waals surface area contributed by atoms with Crippen LogP contribution in [0.3, 0.4) is 0 Å². The molecule has 2 aromatic rings. The number of carbonyl (C=O) groups is 1. The summed E-state index contributed by atoms with van der Waals surface area (Å²) in [5, 5.41) is 12.6. The number of aliphatic carboxylic acids is 1. The maximum absolute atomic E-state index is 10.4. The molecule has 10 nitrogen and oxygen atoms in total. The normalized spacial score (nSPS) is 10.5. The standard InChI is InChI=1S/C11H10N4O2.H2O4S/c16-10(17)3-7-15-6-2-9(8-14-15)11-12-4-1-5-13-11;1-5(2,3)4/h1-2,4-6,8H,3,7H2;(H2,1,2,3,4)/p+1.